The fourth-order valence-corrected chi connectivity index (χ4v) is 14.6. The molecule has 0 spiro atoms. The zero-order valence-corrected chi connectivity index (χ0v) is 42.8. The molecule has 2 aliphatic rings. The first-order chi connectivity index (χ1) is 33.3. The number of aromatic nitrogens is 2. The summed E-state index contributed by atoms with van der Waals surface area (Å²) in [6.45, 7) is 3.45. The van der Waals surface area contributed by atoms with E-state index in [2.05, 4.69) is 49.2 Å². The summed E-state index contributed by atoms with van der Waals surface area (Å²) in [6, 6.07) is 40.2. The quantitative estimate of drug-likeness (QED) is 0.102. The van der Waals surface area contributed by atoms with Crippen molar-refractivity contribution in [3.8, 4) is 11.4 Å². The second kappa shape index (κ2) is 23.3. The Morgan fingerprint density at radius 1 is 0.594 bits per heavy atom. The average Bonchev–Trinajstić information content (AvgIpc) is 4.19. The molecule has 4 aromatic carbocycles. The molecule has 2 amide bonds. The second-order valence-electron chi connectivity index (χ2n) is 16.4. The van der Waals surface area contributed by atoms with Crippen LogP contribution in [0, 0.1) is 5.92 Å². The van der Waals surface area contributed by atoms with Gasteiger partial charge in [-0.1, -0.05) is 83.9 Å². The molecule has 2 N–H and O–H groups in total. The van der Waals surface area contributed by atoms with E-state index < -0.39 is 20.0 Å². The molecular formula is C49H49Cl2N7O6S5. The molecule has 360 valence electrons. The third-order valence-electron chi connectivity index (χ3n) is 11.7. The molecule has 2 saturated heterocycles. The maximum Gasteiger partial charge on any atom is 0.252 e. The summed E-state index contributed by atoms with van der Waals surface area (Å²) >= 11 is 15.4. The van der Waals surface area contributed by atoms with Crippen LogP contribution < -0.4 is 15.5 Å². The number of carbonyl (C=O) groups is 2. The van der Waals surface area contributed by atoms with Gasteiger partial charge in [-0.15, -0.1) is 22.7 Å². The van der Waals surface area contributed by atoms with E-state index in [1.165, 1.54) is 44.1 Å². The monoisotopic (exact) mass is 1060 g/mol. The number of rotatable bonds is 15. The lowest BCUT2D eigenvalue weighted by atomic mass is 9.91. The van der Waals surface area contributed by atoms with Crippen LogP contribution in [0.15, 0.2) is 142 Å². The second-order valence-corrected chi connectivity index (χ2v) is 24.6. The number of amides is 2. The van der Waals surface area contributed by atoms with Gasteiger partial charge in [-0.05, 0) is 110 Å². The summed E-state index contributed by atoms with van der Waals surface area (Å²) in [5.74, 6) is 0.772. The van der Waals surface area contributed by atoms with Gasteiger partial charge in [0, 0.05) is 87.3 Å². The number of halogens is 2. The highest BCUT2D eigenvalue weighted by molar-refractivity contribution is 7.91. The molecule has 0 aliphatic carbocycles. The fourth-order valence-electron chi connectivity index (χ4n) is 7.80. The molecule has 0 atom stereocenters. The Bertz CT molecular complexity index is 3030. The minimum absolute atomic E-state index is 0.220. The number of nitrogens with zero attached hydrogens (tertiary/aromatic N) is 5. The smallest absolute Gasteiger partial charge is 0.252 e. The Balaban J connectivity index is 0.000000187. The minimum Gasteiger partial charge on any atom is -0.347 e. The molecule has 0 saturated carbocycles. The molecule has 69 heavy (non-hydrogen) atoms. The van der Waals surface area contributed by atoms with Crippen molar-refractivity contribution in [1.82, 2.24) is 28.6 Å². The number of hydrogen-bond donors (Lipinski definition) is 2. The molecule has 5 heterocycles. The summed E-state index contributed by atoms with van der Waals surface area (Å²) in [5.41, 5.74) is 3.30. The van der Waals surface area contributed by atoms with Crippen LogP contribution >= 0.6 is 57.4 Å². The van der Waals surface area contributed by atoms with Gasteiger partial charge in [-0.25, -0.2) is 16.8 Å². The van der Waals surface area contributed by atoms with Crippen molar-refractivity contribution in [2.75, 3.05) is 44.2 Å². The van der Waals surface area contributed by atoms with Crippen LogP contribution in [-0.2, 0) is 39.6 Å². The number of carbonyl (C=O) groups excluding carboxylic acids is 2. The minimum atomic E-state index is -3.61. The number of thiophene rings is 2. The standard InChI is InChI=1S/C25H27ClN2O3S2.C24H22ClN5O3S3/c26-22-10-8-21(9-11-22)25(29)27-18-23-12-13-24(32-23)33(30,31)28-16-14-20(15-17-28)7-6-19-4-2-1-3-5-19;25-19-8-6-18(7-9-19)23(31)26-16-20-10-11-21(34-20)36(32,33)30-14-12-29(13-15-30)24-27-22(28-35-24)17-4-2-1-3-5-17/h1-5,8-13,20H,6-7,14-18H2,(H,27,29);1-11H,12-16H2,(H,26,31). The molecule has 20 heteroatoms. The third-order valence-corrected chi connectivity index (χ3v) is 19.9. The van der Waals surface area contributed by atoms with E-state index >= 15 is 0 Å². The van der Waals surface area contributed by atoms with Crippen LogP contribution in [0.5, 0.6) is 0 Å². The third kappa shape index (κ3) is 13.2. The summed E-state index contributed by atoms with van der Waals surface area (Å²) < 4.78 is 60.8. The lowest BCUT2D eigenvalue weighted by molar-refractivity contribution is 0.0943. The van der Waals surface area contributed by atoms with E-state index in [4.69, 9.17) is 23.2 Å². The van der Waals surface area contributed by atoms with Crippen LogP contribution in [0.2, 0.25) is 10.0 Å². The molecule has 0 bridgehead atoms. The first-order valence-electron chi connectivity index (χ1n) is 22.2. The zero-order valence-electron chi connectivity index (χ0n) is 37.2. The molecular weight excluding hydrogens is 1010 g/mol. The van der Waals surface area contributed by atoms with Crippen LogP contribution in [0.4, 0.5) is 5.13 Å². The number of hydrogen-bond acceptors (Lipinski definition) is 12. The van der Waals surface area contributed by atoms with E-state index in [1.54, 1.807) is 77.1 Å². The van der Waals surface area contributed by atoms with Crippen molar-refractivity contribution in [2.45, 2.75) is 47.2 Å². The van der Waals surface area contributed by atoms with E-state index in [9.17, 15) is 26.4 Å². The number of anilines is 1. The molecule has 2 aliphatic heterocycles. The molecule has 7 aromatic rings. The summed E-state index contributed by atoms with van der Waals surface area (Å²) in [4.78, 5) is 32.9. The topological polar surface area (TPSA) is 162 Å². The van der Waals surface area contributed by atoms with Crippen molar-refractivity contribution < 1.29 is 26.4 Å². The van der Waals surface area contributed by atoms with Gasteiger partial charge in [0.25, 0.3) is 31.9 Å². The first kappa shape index (κ1) is 50.4. The summed E-state index contributed by atoms with van der Waals surface area (Å²) in [5, 5.41) is 7.57. The Morgan fingerprint density at radius 3 is 1.58 bits per heavy atom. The van der Waals surface area contributed by atoms with Gasteiger partial charge >= 0.3 is 0 Å². The first-order valence-corrected chi connectivity index (χ1v) is 28.3. The predicted molar refractivity (Wildman–Crippen MR) is 276 cm³/mol. The number of nitrogens with one attached hydrogen (secondary N) is 2. The van der Waals surface area contributed by atoms with E-state index in [1.807, 2.05) is 36.4 Å². The Labute approximate surface area is 425 Å². The molecule has 3 aromatic heterocycles. The van der Waals surface area contributed by atoms with Gasteiger partial charge in [0.05, 0.1) is 13.1 Å². The fraction of sp³-hybridized carbons (Fsp3) is 0.265. The maximum absolute atomic E-state index is 13.2. The summed E-state index contributed by atoms with van der Waals surface area (Å²) in [7, 11) is -7.12. The van der Waals surface area contributed by atoms with Crippen molar-refractivity contribution in [3.05, 3.63) is 170 Å². The lowest BCUT2D eigenvalue weighted by Crippen LogP contribution is -2.48. The van der Waals surface area contributed by atoms with Gasteiger partial charge in [-0.3, -0.25) is 9.59 Å². The molecule has 13 nitrogen and oxygen atoms in total. The highest BCUT2D eigenvalue weighted by Gasteiger charge is 2.32. The van der Waals surface area contributed by atoms with E-state index in [0.29, 0.717) is 76.4 Å². The number of aryl methyl sites for hydroxylation is 1. The normalized spacial score (nSPS) is 15.0. The van der Waals surface area contributed by atoms with E-state index in [0.717, 1.165) is 46.1 Å². The molecule has 2 fully saturated rings. The molecule has 9 rings (SSSR count). The maximum atomic E-state index is 13.2. The zero-order chi connectivity index (χ0) is 48.4. The highest BCUT2D eigenvalue weighted by Crippen LogP contribution is 2.31. The number of sulfonamides is 2. The van der Waals surface area contributed by atoms with E-state index in [-0.39, 0.29) is 29.1 Å². The molecule has 0 radical (unpaired) electrons. The van der Waals surface area contributed by atoms with Crippen LogP contribution in [0.25, 0.3) is 11.4 Å². The van der Waals surface area contributed by atoms with Gasteiger partial charge in [0.15, 0.2) is 5.82 Å². The average molecular weight is 1060 g/mol. The van der Waals surface area contributed by atoms with Crippen LogP contribution in [-0.4, -0.2) is 85.9 Å². The number of benzene rings is 4. The van der Waals surface area contributed by atoms with Crippen LogP contribution in [0.1, 0.15) is 55.3 Å². The van der Waals surface area contributed by atoms with Gasteiger partial charge in [0.2, 0.25) is 5.13 Å². The Morgan fingerprint density at radius 2 is 1.07 bits per heavy atom. The number of piperazine rings is 1. The van der Waals surface area contributed by atoms with Crippen molar-refractivity contribution in [3.63, 3.8) is 0 Å². The van der Waals surface area contributed by atoms with Gasteiger partial charge in [-0.2, -0.15) is 18.0 Å². The Kier molecular flexibility index (Phi) is 17.0. The molecule has 0 unspecified atom stereocenters. The van der Waals surface area contributed by atoms with Crippen molar-refractivity contribution >= 4 is 94.4 Å². The largest absolute Gasteiger partial charge is 0.347 e. The predicted octanol–water partition coefficient (Wildman–Crippen LogP) is 9.73. The van der Waals surface area contributed by atoms with Crippen LogP contribution in [0.3, 0.4) is 0 Å². The van der Waals surface area contributed by atoms with Crippen molar-refractivity contribution in [1.29, 1.82) is 0 Å². The SMILES string of the molecule is O=C(NCc1ccc(S(=O)(=O)N2CCC(CCc3ccccc3)CC2)s1)c1ccc(Cl)cc1.O=C(NCc1ccc(S(=O)(=O)N2CCN(c3nc(-c4ccccc4)ns3)CC2)s1)c1ccc(Cl)cc1. The Hall–Kier alpha value is -5.02. The lowest BCUT2D eigenvalue weighted by Gasteiger charge is -2.33. The highest BCUT2D eigenvalue weighted by atomic mass is 35.5. The number of piperidine rings is 1. The van der Waals surface area contributed by atoms with Gasteiger partial charge in [0.1, 0.15) is 8.42 Å². The van der Waals surface area contributed by atoms with Crippen molar-refractivity contribution in [2.24, 2.45) is 5.92 Å². The van der Waals surface area contributed by atoms with Gasteiger partial charge < -0.3 is 15.5 Å². The summed E-state index contributed by atoms with van der Waals surface area (Å²) in [6.07, 6.45) is 3.91.